The molecule has 2 radical (unpaired) electrons. The summed E-state index contributed by atoms with van der Waals surface area (Å²) in [7, 11) is -3.37. The van der Waals surface area contributed by atoms with Gasteiger partial charge in [-0.1, -0.05) is 4.57 Å². The van der Waals surface area contributed by atoms with E-state index < -0.39 is 8.25 Å². The molecule has 0 aromatic rings. The molecular formula is O3PPb+. The van der Waals surface area contributed by atoms with Crippen LogP contribution in [0, 0.1) is 0 Å². The zero-order valence-corrected chi connectivity index (χ0v) is 6.95. The third-order valence-corrected chi connectivity index (χ3v) is 0. The van der Waals surface area contributed by atoms with Gasteiger partial charge in [-0.15, -0.1) is 0 Å². The molecule has 26 valence electrons. The third kappa shape index (κ3) is 48.2. The van der Waals surface area contributed by atoms with Gasteiger partial charge in [-0.05, 0) is 0 Å². The summed E-state index contributed by atoms with van der Waals surface area (Å²) in [4.78, 5) is 17.0. The Bertz CT molecular complexity index is 29.9. The van der Waals surface area contributed by atoms with Gasteiger partial charge in [0.1, 0.15) is 0 Å². The Kier molecular flexibility index (Phi) is 9.23. The summed E-state index contributed by atoms with van der Waals surface area (Å²) in [6, 6.07) is 0. The summed E-state index contributed by atoms with van der Waals surface area (Å²) in [5.41, 5.74) is 0. The van der Waals surface area contributed by atoms with E-state index in [2.05, 4.69) is 0 Å². The fraction of sp³-hybridized carbons (Fsp3) is 0. The molecule has 5 heavy (non-hydrogen) atoms. The van der Waals surface area contributed by atoms with Crippen LogP contribution in [-0.4, -0.2) is 27.3 Å². The van der Waals surface area contributed by atoms with E-state index in [-0.39, 0.29) is 27.3 Å². The maximum absolute atomic E-state index is 8.48. The van der Waals surface area contributed by atoms with Crippen LogP contribution in [0.15, 0.2) is 0 Å². The maximum Gasteiger partial charge on any atom is 2.00 e. The van der Waals surface area contributed by atoms with Crippen LogP contribution >= 0.6 is 8.25 Å². The molecular weight excluding hydrogens is 286 g/mol. The summed E-state index contributed by atoms with van der Waals surface area (Å²) < 4.78 is 8.48. The Morgan fingerprint density at radius 1 is 1.40 bits per heavy atom. The maximum atomic E-state index is 8.48. The summed E-state index contributed by atoms with van der Waals surface area (Å²) in [5.74, 6) is 0. The number of rotatable bonds is 0. The van der Waals surface area contributed by atoms with Crippen LogP contribution in [0.5, 0.6) is 0 Å². The SMILES string of the molecule is O=[P+]([O-])[O-].[Pb+2]. The molecule has 0 heterocycles. The minimum Gasteiger partial charge on any atom is -0.598 e. The molecule has 0 bridgehead atoms. The molecule has 0 spiro atoms. The van der Waals surface area contributed by atoms with Gasteiger partial charge in [0.25, 0.3) is 8.25 Å². The van der Waals surface area contributed by atoms with E-state index >= 15 is 0 Å². The van der Waals surface area contributed by atoms with Gasteiger partial charge in [-0.3, -0.25) is 0 Å². The Balaban J connectivity index is 0. The molecule has 0 N–H and O–H groups in total. The van der Waals surface area contributed by atoms with Crippen LogP contribution in [0.4, 0.5) is 0 Å². The van der Waals surface area contributed by atoms with Crippen LogP contribution in [0.25, 0.3) is 0 Å². The molecule has 0 aliphatic carbocycles. The van der Waals surface area contributed by atoms with Crippen molar-refractivity contribution < 1.29 is 14.4 Å². The van der Waals surface area contributed by atoms with Gasteiger partial charge in [0.05, 0.1) is 0 Å². The molecule has 0 atom stereocenters. The molecule has 0 saturated carbocycles. The summed E-state index contributed by atoms with van der Waals surface area (Å²) in [5, 5.41) is 0. The quantitative estimate of drug-likeness (QED) is 0.381. The molecule has 0 aromatic carbocycles. The molecule has 5 heteroatoms. The number of hydrogen-bond acceptors (Lipinski definition) is 3. The van der Waals surface area contributed by atoms with Gasteiger partial charge >= 0.3 is 27.3 Å². The Morgan fingerprint density at radius 3 is 1.40 bits per heavy atom. The average Bonchev–Trinajstić information content (AvgIpc) is 0.811. The van der Waals surface area contributed by atoms with Crippen molar-refractivity contribution in [3.63, 3.8) is 0 Å². The normalized spacial score (nSPS) is 5.20. The van der Waals surface area contributed by atoms with Crippen molar-refractivity contribution in [1.29, 1.82) is 0 Å². The molecule has 0 unspecified atom stereocenters. The summed E-state index contributed by atoms with van der Waals surface area (Å²) in [6.07, 6.45) is 0. The Hall–Kier alpha value is 0.942. The van der Waals surface area contributed by atoms with E-state index in [1.54, 1.807) is 0 Å². The zero-order valence-electron chi connectivity index (χ0n) is 2.17. The second-order valence-corrected chi connectivity index (χ2v) is 0.671. The van der Waals surface area contributed by atoms with E-state index in [0.29, 0.717) is 0 Å². The Morgan fingerprint density at radius 2 is 1.40 bits per heavy atom. The fourth-order valence-corrected chi connectivity index (χ4v) is 0. The van der Waals surface area contributed by atoms with Crippen molar-refractivity contribution in [2.24, 2.45) is 0 Å². The van der Waals surface area contributed by atoms with Crippen LogP contribution < -0.4 is 9.79 Å². The minimum atomic E-state index is -3.37. The van der Waals surface area contributed by atoms with Gasteiger partial charge < -0.3 is 9.79 Å². The van der Waals surface area contributed by atoms with Crippen molar-refractivity contribution in [3.8, 4) is 0 Å². The van der Waals surface area contributed by atoms with Crippen molar-refractivity contribution in [3.05, 3.63) is 0 Å². The van der Waals surface area contributed by atoms with Crippen molar-refractivity contribution in [2.75, 3.05) is 0 Å². The van der Waals surface area contributed by atoms with Crippen LogP contribution in [0.2, 0.25) is 0 Å². The molecule has 0 rings (SSSR count). The van der Waals surface area contributed by atoms with Crippen LogP contribution in [0.3, 0.4) is 0 Å². The smallest absolute Gasteiger partial charge is 0.598 e. The first-order valence-electron chi connectivity index (χ1n) is 0.548. The van der Waals surface area contributed by atoms with Crippen molar-refractivity contribution in [1.82, 2.24) is 0 Å². The molecule has 0 saturated heterocycles. The first kappa shape index (κ1) is 9.34. The molecule has 0 aliphatic heterocycles. The fourth-order valence-electron chi connectivity index (χ4n) is 0. The van der Waals surface area contributed by atoms with Gasteiger partial charge in [-0.2, -0.15) is 0 Å². The zero-order chi connectivity index (χ0) is 3.58. The first-order chi connectivity index (χ1) is 1.73. The van der Waals surface area contributed by atoms with Gasteiger partial charge in [0.2, 0.25) is 0 Å². The standard InChI is InChI=1S/HO3P.Pb/c1-4(2)3;/h(H,1,2,3);/q;+2/p-1. The average molecular weight is 286 g/mol. The predicted molar refractivity (Wildman–Crippen MR) is 13.4 cm³/mol. The predicted octanol–water partition coefficient (Wildman–Crippen LogP) is -2.02. The van der Waals surface area contributed by atoms with Crippen LogP contribution in [0.1, 0.15) is 0 Å². The van der Waals surface area contributed by atoms with Crippen molar-refractivity contribution >= 4 is 35.6 Å². The van der Waals surface area contributed by atoms with Crippen molar-refractivity contribution in [2.45, 2.75) is 0 Å². The molecule has 0 aromatic heterocycles. The molecule has 0 amide bonds. The van der Waals surface area contributed by atoms with Gasteiger partial charge in [-0.25, -0.2) is 0 Å². The van der Waals surface area contributed by atoms with E-state index in [0.717, 1.165) is 0 Å². The summed E-state index contributed by atoms with van der Waals surface area (Å²) >= 11 is 0. The second kappa shape index (κ2) is 4.94. The third-order valence-electron chi connectivity index (χ3n) is 0. The van der Waals surface area contributed by atoms with Gasteiger partial charge in [0.15, 0.2) is 0 Å². The number of hydrogen-bond donors (Lipinski definition) is 0. The molecule has 0 fully saturated rings. The molecule has 3 nitrogen and oxygen atoms in total. The van der Waals surface area contributed by atoms with E-state index in [4.69, 9.17) is 14.4 Å². The molecule has 0 aliphatic rings. The van der Waals surface area contributed by atoms with E-state index in [1.165, 1.54) is 0 Å². The second-order valence-electron chi connectivity index (χ2n) is 0.224. The monoisotopic (exact) mass is 287 g/mol. The van der Waals surface area contributed by atoms with E-state index in [1.807, 2.05) is 0 Å². The topological polar surface area (TPSA) is 63.2 Å². The van der Waals surface area contributed by atoms with E-state index in [9.17, 15) is 0 Å². The summed E-state index contributed by atoms with van der Waals surface area (Å²) in [6.45, 7) is 0. The van der Waals surface area contributed by atoms with Crippen LogP contribution in [-0.2, 0) is 4.57 Å². The minimum absolute atomic E-state index is 0. The Labute approximate surface area is 50.1 Å². The largest absolute Gasteiger partial charge is 2.00 e. The van der Waals surface area contributed by atoms with Gasteiger partial charge in [0, 0.05) is 0 Å². The first-order valence-corrected chi connectivity index (χ1v) is 1.64.